The third-order valence-corrected chi connectivity index (χ3v) is 3.27. The van der Waals surface area contributed by atoms with Gasteiger partial charge in [0.1, 0.15) is 11.9 Å². The number of amides is 1. The lowest BCUT2D eigenvalue weighted by molar-refractivity contribution is -0.385. The number of rotatable bonds is 7. The molecular formula is C12H13FN2O5S. The van der Waals surface area contributed by atoms with Crippen molar-refractivity contribution < 1.29 is 24.0 Å². The van der Waals surface area contributed by atoms with E-state index in [-0.39, 0.29) is 6.42 Å². The third-order valence-electron chi connectivity index (χ3n) is 2.62. The number of aliphatic carboxylic acids is 1. The number of halogens is 1. The number of hydrogen-bond donors (Lipinski definition) is 2. The summed E-state index contributed by atoms with van der Waals surface area (Å²) in [7, 11) is 0. The number of nitrogens with one attached hydrogen (secondary N) is 1. The number of carbonyl (C=O) groups excluding carboxylic acids is 1. The van der Waals surface area contributed by atoms with Gasteiger partial charge in [0.2, 0.25) is 0 Å². The van der Waals surface area contributed by atoms with Gasteiger partial charge in [-0.1, -0.05) is 0 Å². The first-order chi connectivity index (χ1) is 9.86. The van der Waals surface area contributed by atoms with Gasteiger partial charge in [0.05, 0.1) is 16.6 Å². The van der Waals surface area contributed by atoms with Crippen LogP contribution >= 0.6 is 11.8 Å². The van der Waals surface area contributed by atoms with Crippen LogP contribution in [0.3, 0.4) is 0 Å². The maximum Gasteiger partial charge on any atom is 0.326 e. The Morgan fingerprint density at radius 2 is 2.19 bits per heavy atom. The second-order valence-corrected chi connectivity index (χ2v) is 5.05. The van der Waals surface area contributed by atoms with Crippen molar-refractivity contribution in [2.75, 3.05) is 12.0 Å². The molecule has 0 bridgehead atoms. The van der Waals surface area contributed by atoms with Crippen LogP contribution < -0.4 is 5.32 Å². The lowest BCUT2D eigenvalue weighted by Crippen LogP contribution is -2.41. The molecule has 0 saturated heterocycles. The fourth-order valence-corrected chi connectivity index (χ4v) is 2.00. The Hall–Kier alpha value is -2.16. The molecule has 2 N–H and O–H groups in total. The number of nitro benzene ring substituents is 1. The predicted octanol–water partition coefficient (Wildman–Crippen LogP) is 1.67. The molecule has 0 saturated carbocycles. The van der Waals surface area contributed by atoms with Crippen molar-refractivity contribution in [2.45, 2.75) is 12.5 Å². The molecule has 0 heterocycles. The van der Waals surface area contributed by atoms with Crippen molar-refractivity contribution in [1.29, 1.82) is 0 Å². The van der Waals surface area contributed by atoms with Gasteiger partial charge in [-0.2, -0.15) is 11.8 Å². The van der Waals surface area contributed by atoms with Crippen LogP contribution in [-0.2, 0) is 4.79 Å². The molecule has 7 nitrogen and oxygen atoms in total. The molecule has 0 aliphatic heterocycles. The molecule has 0 aliphatic rings. The monoisotopic (exact) mass is 316 g/mol. The highest BCUT2D eigenvalue weighted by molar-refractivity contribution is 7.98. The van der Waals surface area contributed by atoms with Gasteiger partial charge in [-0.05, 0) is 24.5 Å². The molecular weight excluding hydrogens is 303 g/mol. The quantitative estimate of drug-likeness (QED) is 0.585. The van der Waals surface area contributed by atoms with Crippen LogP contribution in [0, 0.1) is 15.9 Å². The summed E-state index contributed by atoms with van der Waals surface area (Å²) < 4.78 is 13.6. The second kappa shape index (κ2) is 7.58. The lowest BCUT2D eigenvalue weighted by atomic mass is 10.1. The minimum Gasteiger partial charge on any atom is -0.480 e. The zero-order valence-electron chi connectivity index (χ0n) is 11.0. The number of carbonyl (C=O) groups is 2. The van der Waals surface area contributed by atoms with Gasteiger partial charge in [0.15, 0.2) is 0 Å². The lowest BCUT2D eigenvalue weighted by Gasteiger charge is -2.14. The second-order valence-electron chi connectivity index (χ2n) is 4.07. The Labute approximate surface area is 123 Å². The molecule has 0 aromatic heterocycles. The Balaban J connectivity index is 2.87. The number of nitro groups is 1. The van der Waals surface area contributed by atoms with Crippen molar-refractivity contribution >= 4 is 29.3 Å². The highest BCUT2D eigenvalue weighted by atomic mass is 32.2. The van der Waals surface area contributed by atoms with E-state index in [9.17, 15) is 24.1 Å². The standard InChI is InChI=1S/C12H13FN2O5S/c1-21-5-4-10(12(17)18)14-11(16)8-3-2-7(15(19)20)6-9(8)13/h2-3,6,10H,4-5H2,1H3,(H,14,16)(H,17,18)/t10-/m0/s1. The van der Waals surface area contributed by atoms with Crippen LogP contribution in [0.5, 0.6) is 0 Å². The molecule has 1 amide bonds. The van der Waals surface area contributed by atoms with Crippen LogP contribution in [0.15, 0.2) is 18.2 Å². The van der Waals surface area contributed by atoms with E-state index in [0.717, 1.165) is 12.1 Å². The molecule has 0 fully saturated rings. The molecule has 1 atom stereocenters. The zero-order chi connectivity index (χ0) is 16.0. The first-order valence-corrected chi connectivity index (χ1v) is 7.22. The summed E-state index contributed by atoms with van der Waals surface area (Å²) in [4.78, 5) is 32.5. The largest absolute Gasteiger partial charge is 0.480 e. The molecule has 9 heteroatoms. The van der Waals surface area contributed by atoms with Crippen LogP contribution in [0.25, 0.3) is 0 Å². The minimum atomic E-state index is -1.22. The van der Waals surface area contributed by atoms with E-state index in [1.807, 2.05) is 0 Å². The third kappa shape index (κ3) is 4.71. The van der Waals surface area contributed by atoms with Crippen LogP contribution in [0.2, 0.25) is 0 Å². The molecule has 114 valence electrons. The van der Waals surface area contributed by atoms with E-state index in [4.69, 9.17) is 5.11 Å². The SMILES string of the molecule is CSCC[C@H](NC(=O)c1ccc([N+](=O)[O-])cc1F)C(=O)O. The summed E-state index contributed by atoms with van der Waals surface area (Å²) in [5, 5.41) is 21.6. The Morgan fingerprint density at radius 1 is 1.52 bits per heavy atom. The van der Waals surface area contributed by atoms with E-state index in [1.54, 1.807) is 6.26 Å². The summed E-state index contributed by atoms with van der Waals surface area (Å²) in [6, 6.07) is 1.41. The average molecular weight is 316 g/mol. The van der Waals surface area contributed by atoms with Gasteiger partial charge >= 0.3 is 5.97 Å². The molecule has 0 radical (unpaired) electrons. The summed E-state index contributed by atoms with van der Waals surface area (Å²) in [6.45, 7) is 0. The van der Waals surface area contributed by atoms with Crippen molar-refractivity contribution in [3.05, 3.63) is 39.7 Å². The minimum absolute atomic E-state index is 0.191. The Morgan fingerprint density at radius 3 is 2.67 bits per heavy atom. The molecule has 21 heavy (non-hydrogen) atoms. The number of carboxylic acid groups (broad SMARTS) is 1. The fraction of sp³-hybridized carbons (Fsp3) is 0.333. The highest BCUT2D eigenvalue weighted by Crippen LogP contribution is 2.16. The van der Waals surface area contributed by atoms with E-state index in [2.05, 4.69) is 5.32 Å². The number of hydrogen-bond acceptors (Lipinski definition) is 5. The van der Waals surface area contributed by atoms with Gasteiger partial charge in [-0.25, -0.2) is 9.18 Å². The van der Waals surface area contributed by atoms with Crippen molar-refractivity contribution in [3.63, 3.8) is 0 Å². The van der Waals surface area contributed by atoms with E-state index >= 15 is 0 Å². The first-order valence-electron chi connectivity index (χ1n) is 5.83. The Bertz CT molecular complexity index is 567. The number of thioether (sulfide) groups is 1. The van der Waals surface area contributed by atoms with Gasteiger partial charge in [-0.3, -0.25) is 14.9 Å². The summed E-state index contributed by atoms with van der Waals surface area (Å²) in [6.07, 6.45) is 1.98. The van der Waals surface area contributed by atoms with Gasteiger partial charge in [0.25, 0.3) is 11.6 Å². The van der Waals surface area contributed by atoms with E-state index < -0.39 is 39.9 Å². The van der Waals surface area contributed by atoms with Crippen LogP contribution in [0.1, 0.15) is 16.8 Å². The Kier molecular flexibility index (Phi) is 6.10. The molecule has 1 aromatic carbocycles. The van der Waals surface area contributed by atoms with Crippen molar-refractivity contribution in [2.24, 2.45) is 0 Å². The van der Waals surface area contributed by atoms with Gasteiger partial charge < -0.3 is 10.4 Å². The molecule has 0 spiro atoms. The average Bonchev–Trinajstić information content (AvgIpc) is 2.42. The maximum absolute atomic E-state index is 13.6. The van der Waals surface area contributed by atoms with E-state index in [0.29, 0.717) is 11.8 Å². The first kappa shape index (κ1) is 16.9. The summed E-state index contributed by atoms with van der Waals surface area (Å²) in [5.74, 6) is -2.70. The van der Waals surface area contributed by atoms with Gasteiger partial charge in [0, 0.05) is 6.07 Å². The fourth-order valence-electron chi connectivity index (χ4n) is 1.53. The smallest absolute Gasteiger partial charge is 0.326 e. The number of benzene rings is 1. The highest BCUT2D eigenvalue weighted by Gasteiger charge is 2.23. The maximum atomic E-state index is 13.6. The summed E-state index contributed by atoms with van der Waals surface area (Å²) >= 11 is 1.41. The zero-order valence-corrected chi connectivity index (χ0v) is 11.9. The predicted molar refractivity (Wildman–Crippen MR) is 74.9 cm³/mol. The van der Waals surface area contributed by atoms with Crippen LogP contribution in [0.4, 0.5) is 10.1 Å². The number of carboxylic acids is 1. The van der Waals surface area contributed by atoms with Crippen molar-refractivity contribution in [1.82, 2.24) is 5.32 Å². The van der Waals surface area contributed by atoms with Gasteiger partial charge in [-0.15, -0.1) is 0 Å². The summed E-state index contributed by atoms with van der Waals surface area (Å²) in [5.41, 5.74) is -0.919. The molecule has 0 aliphatic carbocycles. The number of nitrogens with zero attached hydrogens (tertiary/aromatic N) is 1. The molecule has 1 rings (SSSR count). The topological polar surface area (TPSA) is 110 Å². The molecule has 1 aromatic rings. The van der Waals surface area contributed by atoms with Crippen molar-refractivity contribution in [3.8, 4) is 0 Å². The normalized spacial score (nSPS) is 11.7. The van der Waals surface area contributed by atoms with Crippen LogP contribution in [-0.4, -0.2) is 40.0 Å². The van der Waals surface area contributed by atoms with E-state index in [1.165, 1.54) is 11.8 Å². The number of non-ortho nitro benzene ring substituents is 1. The molecule has 0 unspecified atom stereocenters.